The lowest BCUT2D eigenvalue weighted by atomic mass is 10.0. The van der Waals surface area contributed by atoms with Crippen LogP contribution in [0, 0.1) is 0 Å². The Kier molecular flexibility index (Phi) is 3.38. The van der Waals surface area contributed by atoms with Crippen LogP contribution in [0.2, 0.25) is 5.02 Å². The molecule has 1 aromatic heterocycles. The molecule has 0 radical (unpaired) electrons. The highest BCUT2D eigenvalue weighted by atomic mass is 35.5. The third kappa shape index (κ3) is 2.16. The third-order valence-electron chi connectivity index (χ3n) is 3.82. The van der Waals surface area contributed by atoms with Crippen LogP contribution in [0.1, 0.15) is 53.5 Å². The minimum Gasteiger partial charge on any atom is -0.287 e. The van der Waals surface area contributed by atoms with Crippen molar-refractivity contribution >= 4 is 17.4 Å². The Morgan fingerprint density at radius 1 is 1.30 bits per heavy atom. The number of nitrogens with zero attached hydrogens (tertiary/aromatic N) is 2. The van der Waals surface area contributed by atoms with Gasteiger partial charge in [0.2, 0.25) is 5.78 Å². The molecular formula is C16H17ClN2O. The molecule has 0 saturated heterocycles. The van der Waals surface area contributed by atoms with Crippen molar-refractivity contribution < 1.29 is 4.79 Å². The number of aryl methyl sites for hydroxylation is 2. The van der Waals surface area contributed by atoms with Crippen molar-refractivity contribution in [3.63, 3.8) is 0 Å². The predicted molar refractivity (Wildman–Crippen MR) is 79.5 cm³/mol. The monoisotopic (exact) mass is 288 g/mol. The second-order valence-electron chi connectivity index (χ2n) is 5.55. The summed E-state index contributed by atoms with van der Waals surface area (Å²) in [6.45, 7) is 3.98. The fraction of sp³-hybridized carbons (Fsp3) is 0.375. The number of rotatable bonds is 3. The van der Waals surface area contributed by atoms with Crippen molar-refractivity contribution in [2.24, 2.45) is 0 Å². The number of carbonyl (C=O) groups is 1. The van der Waals surface area contributed by atoms with Gasteiger partial charge in [-0.15, -0.1) is 0 Å². The zero-order valence-corrected chi connectivity index (χ0v) is 12.4. The molecule has 1 aromatic carbocycles. The largest absolute Gasteiger partial charge is 0.287 e. The van der Waals surface area contributed by atoms with E-state index in [9.17, 15) is 4.79 Å². The summed E-state index contributed by atoms with van der Waals surface area (Å²) in [7, 11) is 0. The van der Waals surface area contributed by atoms with Gasteiger partial charge in [0, 0.05) is 11.6 Å². The van der Waals surface area contributed by atoms with Crippen molar-refractivity contribution in [1.82, 2.24) is 9.78 Å². The molecule has 3 nitrogen and oxygen atoms in total. The number of hydrogen-bond donors (Lipinski definition) is 0. The van der Waals surface area contributed by atoms with E-state index in [0.717, 1.165) is 12.8 Å². The number of aromatic nitrogens is 2. The maximum absolute atomic E-state index is 12.7. The van der Waals surface area contributed by atoms with Gasteiger partial charge in [0.1, 0.15) is 5.69 Å². The number of carbonyl (C=O) groups excluding carboxylic acids is 1. The lowest BCUT2D eigenvalue weighted by Crippen LogP contribution is -2.14. The number of hydrogen-bond acceptors (Lipinski definition) is 2. The van der Waals surface area contributed by atoms with Crippen LogP contribution < -0.4 is 0 Å². The van der Waals surface area contributed by atoms with Gasteiger partial charge in [0.25, 0.3) is 0 Å². The molecule has 0 saturated carbocycles. The average Bonchev–Trinajstić information content (AvgIpc) is 3.03. The molecule has 0 aliphatic heterocycles. The summed E-state index contributed by atoms with van der Waals surface area (Å²) in [5, 5.41) is 4.62. The predicted octanol–water partition coefficient (Wildman–Crippen LogP) is 3.84. The number of benzene rings is 1. The molecule has 0 bridgehead atoms. The fourth-order valence-electron chi connectivity index (χ4n) is 2.80. The topological polar surface area (TPSA) is 34.9 Å². The number of ketones is 1. The average molecular weight is 289 g/mol. The summed E-state index contributed by atoms with van der Waals surface area (Å²) in [6.07, 6.45) is 4.90. The molecule has 1 aliphatic rings. The molecule has 20 heavy (non-hydrogen) atoms. The normalized spacial score (nSPS) is 13.8. The molecule has 0 N–H and O–H groups in total. The van der Waals surface area contributed by atoms with E-state index in [1.807, 2.05) is 26.0 Å². The molecular weight excluding hydrogens is 272 g/mol. The third-order valence-corrected chi connectivity index (χ3v) is 4.09. The van der Waals surface area contributed by atoms with Gasteiger partial charge >= 0.3 is 0 Å². The van der Waals surface area contributed by atoms with Crippen LogP contribution in [0.15, 0.2) is 24.4 Å². The van der Waals surface area contributed by atoms with Gasteiger partial charge in [-0.25, -0.2) is 0 Å². The van der Waals surface area contributed by atoms with Gasteiger partial charge in [-0.05, 0) is 50.3 Å². The van der Waals surface area contributed by atoms with Gasteiger partial charge in [0.15, 0.2) is 0 Å². The highest BCUT2D eigenvalue weighted by molar-refractivity contribution is 6.34. The van der Waals surface area contributed by atoms with Crippen LogP contribution >= 0.6 is 11.6 Å². The van der Waals surface area contributed by atoms with E-state index in [4.69, 9.17) is 11.6 Å². The smallest absolute Gasteiger partial charge is 0.212 e. The van der Waals surface area contributed by atoms with E-state index in [1.165, 1.54) is 17.5 Å². The maximum Gasteiger partial charge on any atom is 0.212 e. The zero-order valence-electron chi connectivity index (χ0n) is 11.7. The van der Waals surface area contributed by atoms with E-state index >= 15 is 0 Å². The molecule has 1 heterocycles. The number of halogens is 1. The van der Waals surface area contributed by atoms with E-state index in [1.54, 1.807) is 10.9 Å². The van der Waals surface area contributed by atoms with E-state index < -0.39 is 0 Å². The summed E-state index contributed by atoms with van der Waals surface area (Å²) in [6, 6.07) is 6.09. The first-order valence-electron chi connectivity index (χ1n) is 6.97. The van der Waals surface area contributed by atoms with Crippen LogP contribution in [0.4, 0.5) is 0 Å². The molecule has 104 valence electrons. The van der Waals surface area contributed by atoms with Crippen LogP contribution in [-0.2, 0) is 12.8 Å². The summed E-state index contributed by atoms with van der Waals surface area (Å²) in [5.74, 6) is -0.0455. The summed E-state index contributed by atoms with van der Waals surface area (Å²) in [5.41, 5.74) is 3.85. The molecule has 0 spiro atoms. The zero-order chi connectivity index (χ0) is 14.3. The first-order chi connectivity index (χ1) is 9.58. The van der Waals surface area contributed by atoms with Crippen LogP contribution in [-0.4, -0.2) is 15.6 Å². The Balaban J connectivity index is 2.03. The van der Waals surface area contributed by atoms with Gasteiger partial charge in [0.05, 0.1) is 11.2 Å². The lowest BCUT2D eigenvalue weighted by molar-refractivity contribution is 0.102. The number of fused-ring (bicyclic) bond motifs is 1. The van der Waals surface area contributed by atoms with Gasteiger partial charge in [-0.2, -0.15) is 5.10 Å². The van der Waals surface area contributed by atoms with Crippen molar-refractivity contribution in [2.45, 2.75) is 39.2 Å². The van der Waals surface area contributed by atoms with Crippen molar-refractivity contribution in [1.29, 1.82) is 0 Å². The Morgan fingerprint density at radius 3 is 2.80 bits per heavy atom. The van der Waals surface area contributed by atoms with E-state index in [2.05, 4.69) is 11.2 Å². The minimum atomic E-state index is -0.0455. The Labute approximate surface area is 123 Å². The van der Waals surface area contributed by atoms with Crippen molar-refractivity contribution in [3.05, 3.63) is 51.8 Å². The van der Waals surface area contributed by atoms with E-state index in [0.29, 0.717) is 16.3 Å². The minimum absolute atomic E-state index is 0.0455. The first kappa shape index (κ1) is 13.4. The van der Waals surface area contributed by atoms with Crippen LogP contribution in [0.3, 0.4) is 0 Å². The summed E-state index contributed by atoms with van der Waals surface area (Å²) >= 11 is 6.15. The van der Waals surface area contributed by atoms with Crippen molar-refractivity contribution in [3.8, 4) is 0 Å². The Morgan fingerprint density at radius 2 is 2.05 bits per heavy atom. The first-order valence-corrected chi connectivity index (χ1v) is 7.35. The summed E-state index contributed by atoms with van der Waals surface area (Å²) < 4.78 is 1.69. The highest BCUT2D eigenvalue weighted by Gasteiger charge is 2.22. The second-order valence-corrected chi connectivity index (χ2v) is 5.95. The molecule has 0 fully saturated rings. The van der Waals surface area contributed by atoms with Gasteiger partial charge in [-0.1, -0.05) is 23.7 Å². The summed E-state index contributed by atoms with van der Waals surface area (Å²) in [4.78, 5) is 12.7. The highest BCUT2D eigenvalue weighted by Crippen LogP contribution is 2.26. The molecule has 0 atom stereocenters. The molecule has 1 aliphatic carbocycles. The van der Waals surface area contributed by atoms with Gasteiger partial charge < -0.3 is 0 Å². The van der Waals surface area contributed by atoms with E-state index in [-0.39, 0.29) is 11.8 Å². The Bertz CT molecular complexity index is 673. The Hall–Kier alpha value is -1.61. The molecule has 0 amide bonds. The van der Waals surface area contributed by atoms with Crippen LogP contribution in [0.25, 0.3) is 0 Å². The fourth-order valence-corrected chi connectivity index (χ4v) is 3.01. The molecule has 0 unspecified atom stereocenters. The SMILES string of the molecule is CC(C)n1ncc(Cl)c1C(=O)c1ccc2c(c1)CCC2. The van der Waals surface area contributed by atoms with Crippen molar-refractivity contribution in [2.75, 3.05) is 0 Å². The van der Waals surface area contributed by atoms with Gasteiger partial charge in [-0.3, -0.25) is 9.48 Å². The standard InChI is InChI=1S/C16H17ClN2O/c1-10(2)19-15(14(17)9-18-19)16(20)13-7-6-11-4-3-5-12(11)8-13/h6-10H,3-5H2,1-2H3. The molecule has 2 aromatic rings. The quantitative estimate of drug-likeness (QED) is 0.804. The second kappa shape index (κ2) is 5.06. The maximum atomic E-state index is 12.7. The van der Waals surface area contributed by atoms with Crippen LogP contribution in [0.5, 0.6) is 0 Å². The molecule has 3 rings (SSSR count). The molecule has 4 heteroatoms. The lowest BCUT2D eigenvalue weighted by Gasteiger charge is -2.11.